The van der Waals surface area contributed by atoms with Gasteiger partial charge in [0.15, 0.2) is 0 Å². The maximum atomic E-state index is 12.9. The van der Waals surface area contributed by atoms with E-state index in [1.165, 1.54) is 0 Å². The first kappa shape index (κ1) is 16.8. The van der Waals surface area contributed by atoms with Crippen LogP contribution in [0.2, 0.25) is 0 Å². The van der Waals surface area contributed by atoms with Crippen LogP contribution in [0.4, 0.5) is 0 Å². The molecule has 132 valence electrons. The summed E-state index contributed by atoms with van der Waals surface area (Å²) < 4.78 is 0. The van der Waals surface area contributed by atoms with E-state index in [4.69, 9.17) is 0 Å². The average molecular weight is 354 g/mol. The first-order valence-corrected chi connectivity index (χ1v) is 8.71. The van der Waals surface area contributed by atoms with Crippen LogP contribution in [0, 0.1) is 6.92 Å². The molecule has 0 spiro atoms. The lowest BCUT2D eigenvalue weighted by atomic mass is 10.0. The summed E-state index contributed by atoms with van der Waals surface area (Å²) in [7, 11) is 0. The minimum atomic E-state index is -0.149. The quantitative estimate of drug-likeness (QED) is 0.603. The molecule has 3 aromatic heterocycles. The molecule has 5 heteroatoms. The number of carbonyl (C=O) groups excluding carboxylic acids is 1. The summed E-state index contributed by atoms with van der Waals surface area (Å²) in [6, 6.07) is 17.1. The summed E-state index contributed by atoms with van der Waals surface area (Å²) >= 11 is 0. The Kier molecular flexibility index (Phi) is 4.58. The van der Waals surface area contributed by atoms with Crippen LogP contribution in [0.15, 0.2) is 73.2 Å². The van der Waals surface area contributed by atoms with Gasteiger partial charge in [-0.2, -0.15) is 0 Å². The number of nitrogens with one attached hydrogen (secondary N) is 1. The van der Waals surface area contributed by atoms with Gasteiger partial charge in [0, 0.05) is 29.5 Å². The lowest BCUT2D eigenvalue weighted by molar-refractivity contribution is 0.0952. The van der Waals surface area contributed by atoms with E-state index >= 15 is 0 Å². The maximum absolute atomic E-state index is 12.9. The summed E-state index contributed by atoms with van der Waals surface area (Å²) in [5, 5.41) is 3.80. The molecule has 1 aromatic carbocycles. The number of hydrogen-bond donors (Lipinski definition) is 1. The van der Waals surface area contributed by atoms with Crippen molar-refractivity contribution in [2.45, 2.75) is 13.5 Å². The SMILES string of the molecule is Cc1cccnc1CNC(=O)c1cc(-c2cccnc2)nc2ccccc12. The number of para-hydroxylation sites is 1. The van der Waals surface area contributed by atoms with E-state index in [1.54, 1.807) is 18.6 Å². The van der Waals surface area contributed by atoms with Gasteiger partial charge in [-0.05, 0) is 42.8 Å². The van der Waals surface area contributed by atoms with Crippen LogP contribution in [0.5, 0.6) is 0 Å². The van der Waals surface area contributed by atoms with Gasteiger partial charge in [0.05, 0.1) is 29.0 Å². The van der Waals surface area contributed by atoms with Crippen molar-refractivity contribution in [1.29, 1.82) is 0 Å². The number of fused-ring (bicyclic) bond motifs is 1. The maximum Gasteiger partial charge on any atom is 0.252 e. The molecule has 4 rings (SSSR count). The fourth-order valence-corrected chi connectivity index (χ4v) is 2.99. The van der Waals surface area contributed by atoms with Gasteiger partial charge in [-0.1, -0.05) is 24.3 Å². The van der Waals surface area contributed by atoms with Crippen LogP contribution >= 0.6 is 0 Å². The van der Waals surface area contributed by atoms with Crippen LogP contribution in [0.25, 0.3) is 22.2 Å². The first-order chi connectivity index (χ1) is 13.2. The van der Waals surface area contributed by atoms with Crippen LogP contribution in [-0.4, -0.2) is 20.9 Å². The second kappa shape index (κ2) is 7.33. The first-order valence-electron chi connectivity index (χ1n) is 8.71. The highest BCUT2D eigenvalue weighted by Crippen LogP contribution is 2.24. The number of amides is 1. The Morgan fingerprint density at radius 1 is 1.04 bits per heavy atom. The van der Waals surface area contributed by atoms with Crippen molar-refractivity contribution in [2.75, 3.05) is 0 Å². The molecule has 1 amide bonds. The number of benzene rings is 1. The molecule has 0 fully saturated rings. The number of hydrogen-bond acceptors (Lipinski definition) is 4. The number of rotatable bonds is 4. The molecular weight excluding hydrogens is 336 g/mol. The molecule has 0 bridgehead atoms. The van der Waals surface area contributed by atoms with E-state index in [-0.39, 0.29) is 5.91 Å². The molecule has 0 aliphatic rings. The zero-order valence-corrected chi connectivity index (χ0v) is 14.9. The topological polar surface area (TPSA) is 67.8 Å². The van der Waals surface area contributed by atoms with E-state index in [1.807, 2.05) is 61.5 Å². The standard InChI is InChI=1S/C22H18N4O/c1-15-6-4-11-24-21(15)14-25-22(27)18-12-20(16-7-5-10-23-13-16)26-19-9-3-2-8-17(18)19/h2-13H,14H2,1H3,(H,25,27). The third-order valence-corrected chi connectivity index (χ3v) is 4.45. The van der Waals surface area contributed by atoms with E-state index in [2.05, 4.69) is 20.3 Å². The highest BCUT2D eigenvalue weighted by atomic mass is 16.1. The van der Waals surface area contributed by atoms with Crippen LogP contribution in [-0.2, 0) is 6.54 Å². The lowest BCUT2D eigenvalue weighted by Gasteiger charge is -2.11. The van der Waals surface area contributed by atoms with Crippen LogP contribution in [0.1, 0.15) is 21.6 Å². The molecule has 27 heavy (non-hydrogen) atoms. The summed E-state index contributed by atoms with van der Waals surface area (Å²) in [5.41, 5.74) is 4.87. The van der Waals surface area contributed by atoms with Gasteiger partial charge in [-0.25, -0.2) is 4.98 Å². The zero-order valence-electron chi connectivity index (χ0n) is 14.9. The second-order valence-corrected chi connectivity index (χ2v) is 6.26. The summed E-state index contributed by atoms with van der Waals surface area (Å²) in [6.45, 7) is 2.36. The molecule has 0 saturated carbocycles. The molecular formula is C22H18N4O. The molecule has 0 atom stereocenters. The van der Waals surface area contributed by atoms with E-state index < -0.39 is 0 Å². The van der Waals surface area contributed by atoms with E-state index in [9.17, 15) is 4.79 Å². The van der Waals surface area contributed by atoms with Crippen molar-refractivity contribution in [3.63, 3.8) is 0 Å². The van der Waals surface area contributed by atoms with Gasteiger partial charge < -0.3 is 5.32 Å². The Morgan fingerprint density at radius 3 is 2.70 bits per heavy atom. The Morgan fingerprint density at radius 2 is 1.89 bits per heavy atom. The molecule has 1 N–H and O–H groups in total. The normalized spacial score (nSPS) is 10.7. The minimum Gasteiger partial charge on any atom is -0.346 e. The Labute approximate surface area is 157 Å². The highest BCUT2D eigenvalue weighted by molar-refractivity contribution is 6.07. The largest absolute Gasteiger partial charge is 0.346 e. The number of aryl methyl sites for hydroxylation is 1. The Bertz CT molecular complexity index is 1110. The van der Waals surface area contributed by atoms with Gasteiger partial charge in [-0.3, -0.25) is 14.8 Å². The number of carbonyl (C=O) groups is 1. The van der Waals surface area contributed by atoms with Crippen molar-refractivity contribution in [3.05, 3.63) is 90.0 Å². The van der Waals surface area contributed by atoms with E-state index in [0.29, 0.717) is 12.1 Å². The van der Waals surface area contributed by atoms with Gasteiger partial charge in [-0.15, -0.1) is 0 Å². The summed E-state index contributed by atoms with van der Waals surface area (Å²) in [4.78, 5) is 26.1. The molecule has 0 aliphatic heterocycles. The molecule has 3 heterocycles. The van der Waals surface area contributed by atoms with Gasteiger partial charge in [0.2, 0.25) is 0 Å². The van der Waals surface area contributed by atoms with Crippen LogP contribution in [0.3, 0.4) is 0 Å². The fraction of sp³-hybridized carbons (Fsp3) is 0.0909. The molecule has 0 aliphatic carbocycles. The predicted octanol–water partition coefficient (Wildman–Crippen LogP) is 3.93. The summed E-state index contributed by atoms with van der Waals surface area (Å²) in [6.07, 6.45) is 5.19. The number of aromatic nitrogens is 3. The van der Waals surface area contributed by atoms with E-state index in [0.717, 1.165) is 33.4 Å². The monoisotopic (exact) mass is 354 g/mol. The van der Waals surface area contributed by atoms with Crippen LogP contribution < -0.4 is 5.32 Å². The molecule has 5 nitrogen and oxygen atoms in total. The Balaban J connectivity index is 1.71. The van der Waals surface area contributed by atoms with Crippen molar-refractivity contribution in [3.8, 4) is 11.3 Å². The van der Waals surface area contributed by atoms with Crippen molar-refractivity contribution < 1.29 is 4.79 Å². The highest BCUT2D eigenvalue weighted by Gasteiger charge is 2.14. The number of pyridine rings is 3. The van der Waals surface area contributed by atoms with Gasteiger partial charge in [0.1, 0.15) is 0 Å². The summed E-state index contributed by atoms with van der Waals surface area (Å²) in [5.74, 6) is -0.149. The van der Waals surface area contributed by atoms with Gasteiger partial charge >= 0.3 is 0 Å². The molecule has 0 unspecified atom stereocenters. The molecule has 0 radical (unpaired) electrons. The van der Waals surface area contributed by atoms with Gasteiger partial charge in [0.25, 0.3) is 5.91 Å². The zero-order chi connectivity index (χ0) is 18.6. The minimum absolute atomic E-state index is 0.149. The Hall–Kier alpha value is -3.60. The average Bonchev–Trinajstić information content (AvgIpc) is 2.73. The number of nitrogens with zero attached hydrogens (tertiary/aromatic N) is 3. The lowest BCUT2D eigenvalue weighted by Crippen LogP contribution is -2.24. The smallest absolute Gasteiger partial charge is 0.252 e. The molecule has 0 saturated heterocycles. The van der Waals surface area contributed by atoms with Crippen molar-refractivity contribution in [2.24, 2.45) is 0 Å². The van der Waals surface area contributed by atoms with Crippen molar-refractivity contribution >= 4 is 16.8 Å². The predicted molar refractivity (Wildman–Crippen MR) is 105 cm³/mol. The fourth-order valence-electron chi connectivity index (χ4n) is 2.99. The third-order valence-electron chi connectivity index (χ3n) is 4.45. The molecule has 4 aromatic rings. The second-order valence-electron chi connectivity index (χ2n) is 6.26. The van der Waals surface area contributed by atoms with Crippen molar-refractivity contribution in [1.82, 2.24) is 20.3 Å². The third kappa shape index (κ3) is 3.53.